The third-order valence-electron chi connectivity index (χ3n) is 6.81. The van der Waals surface area contributed by atoms with Crippen molar-refractivity contribution in [1.82, 2.24) is 4.90 Å². The Morgan fingerprint density at radius 1 is 1.07 bits per heavy atom. The Morgan fingerprint density at radius 2 is 1.82 bits per heavy atom. The molecule has 2 fully saturated rings. The number of carbonyl (C=O) groups excluding carboxylic acids is 2. The van der Waals surface area contributed by atoms with Crippen LogP contribution in [0.2, 0.25) is 0 Å². The normalized spacial score (nSPS) is 27.6. The minimum absolute atomic E-state index is 0.0483. The summed E-state index contributed by atoms with van der Waals surface area (Å²) in [6.45, 7) is 1.90. The molecule has 1 amide bonds. The highest BCUT2D eigenvalue weighted by Crippen LogP contribution is 2.34. The predicted molar refractivity (Wildman–Crippen MR) is 106 cm³/mol. The lowest BCUT2D eigenvalue weighted by molar-refractivity contribution is -0.146. The van der Waals surface area contributed by atoms with Crippen LogP contribution in [0.25, 0.3) is 0 Å². The van der Waals surface area contributed by atoms with Crippen molar-refractivity contribution in [1.29, 1.82) is 0 Å². The molecule has 0 aromatic heterocycles. The van der Waals surface area contributed by atoms with Gasteiger partial charge in [-0.2, -0.15) is 0 Å². The third kappa shape index (κ3) is 4.09. The first-order valence-electron chi connectivity index (χ1n) is 10.7. The van der Waals surface area contributed by atoms with Crippen LogP contribution in [0.5, 0.6) is 0 Å². The van der Waals surface area contributed by atoms with Gasteiger partial charge >= 0.3 is 5.97 Å². The van der Waals surface area contributed by atoms with Gasteiger partial charge in [-0.15, -0.1) is 0 Å². The summed E-state index contributed by atoms with van der Waals surface area (Å²) in [7, 11) is 1.41. The number of nitrogens with zero attached hydrogens (tertiary/aromatic N) is 1. The maximum atomic E-state index is 13.2. The Balaban J connectivity index is 1.35. The van der Waals surface area contributed by atoms with Gasteiger partial charge < -0.3 is 14.4 Å². The summed E-state index contributed by atoms with van der Waals surface area (Å²) in [6, 6.07) is 7.89. The van der Waals surface area contributed by atoms with Gasteiger partial charge in [0.05, 0.1) is 19.1 Å². The van der Waals surface area contributed by atoms with Crippen molar-refractivity contribution in [2.24, 2.45) is 11.8 Å². The molecule has 3 aliphatic rings. The summed E-state index contributed by atoms with van der Waals surface area (Å²) in [6.07, 6.45) is 7.99. The van der Waals surface area contributed by atoms with E-state index in [4.69, 9.17) is 9.47 Å². The van der Waals surface area contributed by atoms with Crippen LogP contribution in [0.15, 0.2) is 24.3 Å². The Bertz CT molecular complexity index is 706. The maximum absolute atomic E-state index is 13.2. The topological polar surface area (TPSA) is 55.8 Å². The molecule has 0 saturated heterocycles. The van der Waals surface area contributed by atoms with Crippen molar-refractivity contribution >= 4 is 11.9 Å². The fourth-order valence-corrected chi connectivity index (χ4v) is 4.78. The summed E-state index contributed by atoms with van der Waals surface area (Å²) in [4.78, 5) is 27.3. The number of hydrogen-bond acceptors (Lipinski definition) is 4. The van der Waals surface area contributed by atoms with Crippen molar-refractivity contribution in [3.63, 3.8) is 0 Å². The minimum Gasteiger partial charge on any atom is -0.468 e. The van der Waals surface area contributed by atoms with Gasteiger partial charge in [-0.05, 0) is 55.6 Å². The fourth-order valence-electron chi connectivity index (χ4n) is 4.78. The number of amides is 1. The summed E-state index contributed by atoms with van der Waals surface area (Å²) in [5.74, 6) is 0.343. The molecule has 5 nitrogen and oxygen atoms in total. The van der Waals surface area contributed by atoms with Gasteiger partial charge in [-0.25, -0.2) is 0 Å². The van der Waals surface area contributed by atoms with Gasteiger partial charge in [0.25, 0.3) is 0 Å². The largest absolute Gasteiger partial charge is 0.468 e. The van der Waals surface area contributed by atoms with Crippen LogP contribution >= 0.6 is 0 Å². The molecule has 1 aromatic carbocycles. The summed E-state index contributed by atoms with van der Waals surface area (Å²) < 4.78 is 11.1. The SMILES string of the molecule is COC(=O)C1CN(C(=O)C2CCC(OCC3CCC3)CC2)Cc2ccccc21. The van der Waals surface area contributed by atoms with Crippen LogP contribution in [0.4, 0.5) is 0 Å². The zero-order valence-corrected chi connectivity index (χ0v) is 16.8. The van der Waals surface area contributed by atoms with Crippen LogP contribution in [0.3, 0.4) is 0 Å². The number of esters is 1. The van der Waals surface area contributed by atoms with Crippen LogP contribution in [0.1, 0.15) is 62.0 Å². The molecule has 1 atom stereocenters. The molecule has 2 aliphatic carbocycles. The second-order valence-electron chi connectivity index (χ2n) is 8.60. The van der Waals surface area contributed by atoms with Gasteiger partial charge in [0.1, 0.15) is 0 Å². The average molecular weight is 386 g/mol. The number of fused-ring (bicyclic) bond motifs is 1. The number of hydrogen-bond donors (Lipinski definition) is 0. The number of carbonyl (C=O) groups is 2. The minimum atomic E-state index is -0.388. The molecular weight excluding hydrogens is 354 g/mol. The Morgan fingerprint density at radius 3 is 2.50 bits per heavy atom. The Hall–Kier alpha value is -1.88. The first kappa shape index (κ1) is 19.4. The first-order valence-corrected chi connectivity index (χ1v) is 10.7. The Kier molecular flexibility index (Phi) is 6.00. The second-order valence-corrected chi connectivity index (χ2v) is 8.60. The smallest absolute Gasteiger partial charge is 0.314 e. The monoisotopic (exact) mass is 385 g/mol. The van der Waals surface area contributed by atoms with E-state index in [0.29, 0.717) is 19.2 Å². The zero-order valence-electron chi connectivity index (χ0n) is 16.8. The van der Waals surface area contributed by atoms with Gasteiger partial charge in [0.2, 0.25) is 5.91 Å². The number of methoxy groups -OCH3 is 1. The average Bonchev–Trinajstić information content (AvgIpc) is 2.71. The number of rotatable bonds is 5. The van der Waals surface area contributed by atoms with Crippen LogP contribution in [-0.4, -0.2) is 43.1 Å². The Labute approximate surface area is 167 Å². The highest BCUT2D eigenvalue weighted by atomic mass is 16.5. The number of benzene rings is 1. The third-order valence-corrected chi connectivity index (χ3v) is 6.81. The predicted octanol–water partition coefficient (Wildman–Crippen LogP) is 3.66. The van der Waals surface area contributed by atoms with Crippen molar-refractivity contribution in [3.8, 4) is 0 Å². The van der Waals surface area contributed by atoms with Gasteiger partial charge in [0.15, 0.2) is 0 Å². The standard InChI is InChI=1S/C23H31NO4/c1-27-23(26)21-14-24(13-18-7-2-3-8-20(18)21)22(25)17-9-11-19(12-10-17)28-15-16-5-4-6-16/h2-3,7-8,16-17,19,21H,4-6,9-15H2,1H3. The maximum Gasteiger partial charge on any atom is 0.314 e. The molecule has 2 saturated carbocycles. The molecule has 0 spiro atoms. The van der Waals surface area contributed by atoms with Gasteiger partial charge in [0, 0.05) is 25.6 Å². The molecule has 0 bridgehead atoms. The van der Waals surface area contributed by atoms with E-state index in [1.54, 1.807) is 0 Å². The van der Waals surface area contributed by atoms with Crippen molar-refractivity contribution in [2.45, 2.75) is 63.5 Å². The molecule has 1 unspecified atom stereocenters. The summed E-state index contributed by atoms with van der Waals surface area (Å²) >= 11 is 0. The van der Waals surface area contributed by atoms with E-state index in [0.717, 1.165) is 49.3 Å². The lowest BCUT2D eigenvalue weighted by Crippen LogP contribution is -2.44. The summed E-state index contributed by atoms with van der Waals surface area (Å²) in [5, 5.41) is 0. The molecule has 152 valence electrons. The molecule has 1 aliphatic heterocycles. The lowest BCUT2D eigenvalue weighted by Gasteiger charge is -2.37. The summed E-state index contributed by atoms with van der Waals surface area (Å²) in [5.41, 5.74) is 2.04. The van der Waals surface area contributed by atoms with Crippen molar-refractivity contribution < 1.29 is 19.1 Å². The second kappa shape index (κ2) is 8.64. The van der Waals surface area contributed by atoms with Crippen molar-refractivity contribution in [3.05, 3.63) is 35.4 Å². The molecule has 0 radical (unpaired) electrons. The lowest BCUT2D eigenvalue weighted by atomic mass is 9.84. The van der Waals surface area contributed by atoms with Gasteiger partial charge in [-0.1, -0.05) is 30.7 Å². The molecule has 1 heterocycles. The zero-order chi connectivity index (χ0) is 19.5. The molecule has 5 heteroatoms. The fraction of sp³-hybridized carbons (Fsp3) is 0.652. The van der Waals surface area contributed by atoms with Gasteiger partial charge in [-0.3, -0.25) is 9.59 Å². The van der Waals surface area contributed by atoms with E-state index >= 15 is 0 Å². The molecule has 1 aromatic rings. The quantitative estimate of drug-likeness (QED) is 0.726. The molecule has 0 N–H and O–H groups in total. The van der Waals surface area contributed by atoms with E-state index < -0.39 is 0 Å². The molecule has 28 heavy (non-hydrogen) atoms. The highest BCUT2D eigenvalue weighted by Gasteiger charge is 2.36. The van der Waals surface area contributed by atoms with E-state index in [1.807, 2.05) is 29.2 Å². The van der Waals surface area contributed by atoms with E-state index in [1.165, 1.54) is 26.4 Å². The van der Waals surface area contributed by atoms with Crippen LogP contribution < -0.4 is 0 Å². The number of ether oxygens (including phenoxy) is 2. The highest BCUT2D eigenvalue weighted by molar-refractivity contribution is 5.83. The first-order chi connectivity index (χ1) is 13.7. The van der Waals surface area contributed by atoms with Crippen molar-refractivity contribution in [2.75, 3.05) is 20.3 Å². The van der Waals surface area contributed by atoms with E-state index in [-0.39, 0.29) is 23.7 Å². The van der Waals surface area contributed by atoms with Crippen LogP contribution in [-0.2, 0) is 25.6 Å². The van der Waals surface area contributed by atoms with E-state index in [9.17, 15) is 9.59 Å². The van der Waals surface area contributed by atoms with Crippen LogP contribution in [0, 0.1) is 11.8 Å². The molecule has 4 rings (SSSR count). The van der Waals surface area contributed by atoms with E-state index in [2.05, 4.69) is 0 Å². The molecular formula is C23H31NO4.